The molecular weight excluding hydrogens is 388 g/mol. The molecular formula is C27H46O4. The summed E-state index contributed by atoms with van der Waals surface area (Å²) < 4.78 is 5.17. The van der Waals surface area contributed by atoms with Gasteiger partial charge in [-0.05, 0) is 85.1 Å². The third-order valence-electron chi connectivity index (χ3n) is 5.31. The quantitative estimate of drug-likeness (QED) is 0.127. The molecule has 0 unspecified atom stereocenters. The minimum Gasteiger partial charge on any atom is -0.481 e. The molecule has 0 spiro atoms. The molecule has 0 aromatic heterocycles. The van der Waals surface area contributed by atoms with E-state index >= 15 is 0 Å². The highest BCUT2D eigenvalue weighted by molar-refractivity contribution is 5.69. The molecule has 0 aliphatic heterocycles. The third kappa shape index (κ3) is 22.7. The van der Waals surface area contributed by atoms with Gasteiger partial charge in [0, 0.05) is 12.8 Å². The molecule has 0 bridgehead atoms. The maximum atomic E-state index is 11.6. The number of rotatable bonds is 19. The Kier molecular flexibility index (Phi) is 18.9. The van der Waals surface area contributed by atoms with Crippen LogP contribution in [0.3, 0.4) is 0 Å². The molecule has 0 aliphatic rings. The van der Waals surface area contributed by atoms with Crippen molar-refractivity contribution in [2.45, 2.75) is 118 Å². The van der Waals surface area contributed by atoms with Gasteiger partial charge in [-0.25, -0.2) is 0 Å². The fourth-order valence-electron chi connectivity index (χ4n) is 3.27. The Morgan fingerprint density at radius 2 is 1.19 bits per heavy atom. The smallest absolute Gasteiger partial charge is 0.306 e. The van der Waals surface area contributed by atoms with Crippen molar-refractivity contribution in [3.05, 3.63) is 34.9 Å². The first kappa shape index (κ1) is 29.2. The van der Waals surface area contributed by atoms with Gasteiger partial charge in [-0.3, -0.25) is 9.59 Å². The fourth-order valence-corrected chi connectivity index (χ4v) is 3.27. The lowest BCUT2D eigenvalue weighted by atomic mass is 10.0. The summed E-state index contributed by atoms with van der Waals surface area (Å²) >= 11 is 0. The Morgan fingerprint density at radius 3 is 1.84 bits per heavy atom. The summed E-state index contributed by atoms with van der Waals surface area (Å²) in [5, 5.41) is 8.62. The Balaban J connectivity index is 3.65. The van der Waals surface area contributed by atoms with Gasteiger partial charge in [-0.1, -0.05) is 54.6 Å². The molecule has 4 nitrogen and oxygen atoms in total. The molecule has 1 N–H and O–H groups in total. The summed E-state index contributed by atoms with van der Waals surface area (Å²) in [6.45, 7) is 8.82. The van der Waals surface area contributed by atoms with Crippen LogP contribution in [0.25, 0.3) is 0 Å². The monoisotopic (exact) mass is 434 g/mol. The molecule has 0 saturated heterocycles. The number of carboxylic acid groups (broad SMARTS) is 1. The number of aliphatic carboxylic acids is 1. The Hall–Kier alpha value is -1.84. The molecule has 0 heterocycles. The number of carbonyl (C=O) groups is 2. The van der Waals surface area contributed by atoms with Crippen molar-refractivity contribution in [1.82, 2.24) is 0 Å². The summed E-state index contributed by atoms with van der Waals surface area (Å²) in [5.41, 5.74) is 4.09. The van der Waals surface area contributed by atoms with Crippen LogP contribution in [0, 0.1) is 0 Å². The zero-order valence-electron chi connectivity index (χ0n) is 20.5. The van der Waals surface area contributed by atoms with Gasteiger partial charge in [0.1, 0.15) is 6.61 Å². The summed E-state index contributed by atoms with van der Waals surface area (Å²) in [5.74, 6) is -0.776. The van der Waals surface area contributed by atoms with Gasteiger partial charge in [0.25, 0.3) is 0 Å². The molecule has 31 heavy (non-hydrogen) atoms. The highest BCUT2D eigenvalue weighted by Crippen LogP contribution is 2.15. The summed E-state index contributed by atoms with van der Waals surface area (Å²) in [6.07, 6.45) is 20.4. The van der Waals surface area contributed by atoms with Crippen LogP contribution in [-0.4, -0.2) is 23.7 Å². The van der Waals surface area contributed by atoms with E-state index < -0.39 is 5.97 Å². The normalized spacial score (nSPS) is 12.0. The molecule has 0 atom stereocenters. The summed E-state index contributed by atoms with van der Waals surface area (Å²) in [4.78, 5) is 22.1. The van der Waals surface area contributed by atoms with Crippen molar-refractivity contribution in [3.63, 3.8) is 0 Å². The molecule has 0 rings (SSSR count). The van der Waals surface area contributed by atoms with Crippen molar-refractivity contribution in [2.75, 3.05) is 6.61 Å². The van der Waals surface area contributed by atoms with E-state index in [1.54, 1.807) is 0 Å². The first-order valence-corrected chi connectivity index (χ1v) is 12.1. The minimum absolute atomic E-state index is 0.0878. The SMILES string of the molecule is CC(C)=CCOC(=O)CCCCCC/C(C)=C/CC/C(C)=C\CCCCCCC(=O)O. The second-order valence-corrected chi connectivity index (χ2v) is 8.86. The number of carbonyl (C=O) groups excluding carboxylic acids is 1. The average Bonchev–Trinajstić information content (AvgIpc) is 2.69. The van der Waals surface area contributed by atoms with Gasteiger partial charge in [0.15, 0.2) is 0 Å². The molecule has 0 aliphatic carbocycles. The van der Waals surface area contributed by atoms with E-state index in [1.165, 1.54) is 23.1 Å². The lowest BCUT2D eigenvalue weighted by Crippen LogP contribution is -2.04. The van der Waals surface area contributed by atoms with Crippen LogP contribution < -0.4 is 0 Å². The van der Waals surface area contributed by atoms with Crippen LogP contribution in [-0.2, 0) is 14.3 Å². The molecule has 4 heteroatoms. The van der Waals surface area contributed by atoms with Crippen LogP contribution >= 0.6 is 0 Å². The van der Waals surface area contributed by atoms with Crippen LogP contribution in [0.4, 0.5) is 0 Å². The van der Waals surface area contributed by atoms with Crippen molar-refractivity contribution < 1.29 is 19.4 Å². The molecule has 0 aromatic carbocycles. The largest absolute Gasteiger partial charge is 0.481 e. The molecule has 0 saturated carbocycles. The van der Waals surface area contributed by atoms with Crippen molar-refractivity contribution in [1.29, 1.82) is 0 Å². The third-order valence-corrected chi connectivity index (χ3v) is 5.31. The Bertz CT molecular complexity index is 580. The maximum absolute atomic E-state index is 11.6. The van der Waals surface area contributed by atoms with E-state index in [0.29, 0.717) is 19.4 Å². The van der Waals surface area contributed by atoms with E-state index in [0.717, 1.165) is 70.6 Å². The number of unbranched alkanes of at least 4 members (excludes halogenated alkanes) is 7. The molecule has 0 aromatic rings. The molecule has 0 fully saturated rings. The van der Waals surface area contributed by atoms with Gasteiger partial charge in [0.05, 0.1) is 0 Å². The van der Waals surface area contributed by atoms with E-state index in [-0.39, 0.29) is 5.97 Å². The predicted octanol–water partition coefficient (Wildman–Crippen LogP) is 7.93. The average molecular weight is 435 g/mol. The number of hydrogen-bond donors (Lipinski definition) is 1. The van der Waals surface area contributed by atoms with Gasteiger partial charge in [-0.2, -0.15) is 0 Å². The Labute approximate surface area is 190 Å². The maximum Gasteiger partial charge on any atom is 0.306 e. The van der Waals surface area contributed by atoms with Gasteiger partial charge in [-0.15, -0.1) is 0 Å². The summed E-state index contributed by atoms with van der Waals surface area (Å²) in [7, 11) is 0. The second kappa shape index (κ2) is 20.1. The zero-order valence-corrected chi connectivity index (χ0v) is 20.5. The van der Waals surface area contributed by atoms with E-state index in [9.17, 15) is 9.59 Å². The Morgan fingerprint density at radius 1 is 0.645 bits per heavy atom. The van der Waals surface area contributed by atoms with E-state index in [4.69, 9.17) is 9.84 Å². The number of carboxylic acids is 1. The van der Waals surface area contributed by atoms with E-state index in [1.807, 2.05) is 19.9 Å². The van der Waals surface area contributed by atoms with Gasteiger partial charge in [0.2, 0.25) is 0 Å². The number of allylic oxidation sites excluding steroid dienone is 5. The number of esters is 1. The second-order valence-electron chi connectivity index (χ2n) is 8.86. The lowest BCUT2D eigenvalue weighted by Gasteiger charge is -2.04. The highest BCUT2D eigenvalue weighted by Gasteiger charge is 2.01. The van der Waals surface area contributed by atoms with Crippen molar-refractivity contribution in [3.8, 4) is 0 Å². The van der Waals surface area contributed by atoms with Gasteiger partial charge < -0.3 is 9.84 Å². The van der Waals surface area contributed by atoms with Crippen LogP contribution in [0.15, 0.2) is 34.9 Å². The first-order chi connectivity index (χ1) is 14.8. The van der Waals surface area contributed by atoms with Crippen LogP contribution in [0.5, 0.6) is 0 Å². The predicted molar refractivity (Wildman–Crippen MR) is 130 cm³/mol. The van der Waals surface area contributed by atoms with E-state index in [2.05, 4.69) is 26.0 Å². The molecule has 0 amide bonds. The van der Waals surface area contributed by atoms with Crippen molar-refractivity contribution in [2.24, 2.45) is 0 Å². The minimum atomic E-state index is -0.688. The standard InChI is InChI=1S/C27H46O4/c1-23(2)21-22-31-27(30)20-13-9-8-11-16-25(4)18-14-17-24(3)15-10-6-5-7-12-19-26(28)29/h15,18,21H,5-14,16-17,19-20,22H2,1-4H3,(H,28,29)/b24-15-,25-18+. The lowest BCUT2D eigenvalue weighted by molar-refractivity contribution is -0.142. The highest BCUT2D eigenvalue weighted by atomic mass is 16.5. The molecule has 178 valence electrons. The number of hydrogen-bond acceptors (Lipinski definition) is 3. The van der Waals surface area contributed by atoms with Crippen LogP contribution in [0.2, 0.25) is 0 Å². The summed E-state index contributed by atoms with van der Waals surface area (Å²) in [6, 6.07) is 0. The van der Waals surface area contributed by atoms with Crippen LogP contribution in [0.1, 0.15) is 118 Å². The molecule has 0 radical (unpaired) electrons. The number of ether oxygens (including phenoxy) is 1. The zero-order chi connectivity index (χ0) is 23.3. The topological polar surface area (TPSA) is 63.6 Å². The van der Waals surface area contributed by atoms with Crippen molar-refractivity contribution >= 4 is 11.9 Å². The fraction of sp³-hybridized carbons (Fsp3) is 0.704. The van der Waals surface area contributed by atoms with Gasteiger partial charge >= 0.3 is 11.9 Å². The first-order valence-electron chi connectivity index (χ1n) is 12.1.